The van der Waals surface area contributed by atoms with Crippen molar-refractivity contribution in [3.8, 4) is 0 Å². The Labute approximate surface area is 115 Å². The van der Waals surface area contributed by atoms with Crippen molar-refractivity contribution in [2.75, 3.05) is 24.6 Å². The maximum absolute atomic E-state index is 12.3. The molecule has 5 heteroatoms. The SMILES string of the molecule is NCCCC1OCCN(c2ccccc2Br)C1=O. The van der Waals surface area contributed by atoms with Gasteiger partial charge in [0.25, 0.3) is 5.91 Å². The second kappa shape index (κ2) is 6.31. The number of hydrogen-bond donors (Lipinski definition) is 1. The van der Waals surface area contributed by atoms with Gasteiger partial charge in [-0.15, -0.1) is 0 Å². The second-order valence-electron chi connectivity index (χ2n) is 4.23. The number of anilines is 1. The molecule has 2 rings (SSSR count). The first-order valence-electron chi connectivity index (χ1n) is 6.11. The normalized spacial score (nSPS) is 20.2. The highest BCUT2D eigenvalue weighted by atomic mass is 79.9. The standard InChI is InChI=1S/C13H17BrN2O2/c14-10-4-1-2-5-11(10)16-8-9-18-12(13(16)17)6-3-7-15/h1-2,4-5,12H,3,6-9,15H2. The van der Waals surface area contributed by atoms with Crippen LogP contribution < -0.4 is 10.6 Å². The molecule has 4 nitrogen and oxygen atoms in total. The summed E-state index contributed by atoms with van der Waals surface area (Å²) in [6.07, 6.45) is 1.14. The summed E-state index contributed by atoms with van der Waals surface area (Å²) in [6.45, 7) is 1.76. The average Bonchev–Trinajstić information content (AvgIpc) is 2.39. The van der Waals surface area contributed by atoms with Crippen LogP contribution in [0.5, 0.6) is 0 Å². The lowest BCUT2D eigenvalue weighted by Crippen LogP contribution is -2.48. The fourth-order valence-corrected chi connectivity index (χ4v) is 2.56. The maximum atomic E-state index is 12.3. The van der Waals surface area contributed by atoms with E-state index in [1.54, 1.807) is 4.90 Å². The zero-order valence-electron chi connectivity index (χ0n) is 10.1. The Kier molecular flexibility index (Phi) is 4.74. The lowest BCUT2D eigenvalue weighted by molar-refractivity contribution is -0.134. The molecule has 0 bridgehead atoms. The summed E-state index contributed by atoms with van der Waals surface area (Å²) in [5.41, 5.74) is 6.38. The Morgan fingerprint density at radius 1 is 1.44 bits per heavy atom. The first kappa shape index (κ1) is 13.5. The predicted molar refractivity (Wildman–Crippen MR) is 74.5 cm³/mol. The fraction of sp³-hybridized carbons (Fsp3) is 0.462. The van der Waals surface area contributed by atoms with Crippen LogP contribution in [0.3, 0.4) is 0 Å². The third-order valence-corrected chi connectivity index (χ3v) is 3.66. The number of carbonyl (C=O) groups excluding carboxylic acids is 1. The van der Waals surface area contributed by atoms with Crippen molar-refractivity contribution in [3.05, 3.63) is 28.7 Å². The van der Waals surface area contributed by atoms with Crippen molar-refractivity contribution in [1.82, 2.24) is 0 Å². The number of halogens is 1. The van der Waals surface area contributed by atoms with Gasteiger partial charge in [-0.2, -0.15) is 0 Å². The van der Waals surface area contributed by atoms with Crippen LogP contribution in [0.4, 0.5) is 5.69 Å². The van der Waals surface area contributed by atoms with E-state index in [-0.39, 0.29) is 12.0 Å². The number of morpholine rings is 1. The van der Waals surface area contributed by atoms with Gasteiger partial charge in [0.1, 0.15) is 6.10 Å². The van der Waals surface area contributed by atoms with Gasteiger partial charge in [-0.25, -0.2) is 0 Å². The highest BCUT2D eigenvalue weighted by Crippen LogP contribution is 2.28. The van der Waals surface area contributed by atoms with E-state index in [0.717, 1.165) is 16.6 Å². The number of hydrogen-bond acceptors (Lipinski definition) is 3. The number of nitrogens with two attached hydrogens (primary N) is 1. The molecule has 1 unspecified atom stereocenters. The Hall–Kier alpha value is -0.910. The van der Waals surface area contributed by atoms with Crippen LogP contribution in [0.25, 0.3) is 0 Å². The molecule has 1 aliphatic heterocycles. The van der Waals surface area contributed by atoms with Gasteiger partial charge in [-0.3, -0.25) is 4.79 Å². The number of benzene rings is 1. The molecule has 1 amide bonds. The smallest absolute Gasteiger partial charge is 0.256 e. The van der Waals surface area contributed by atoms with E-state index < -0.39 is 0 Å². The summed E-state index contributed by atoms with van der Waals surface area (Å²) >= 11 is 3.48. The first-order chi connectivity index (χ1) is 8.74. The molecule has 0 spiro atoms. The number of para-hydroxylation sites is 1. The van der Waals surface area contributed by atoms with Crippen LogP contribution in [-0.2, 0) is 9.53 Å². The minimum Gasteiger partial charge on any atom is -0.367 e. The Bertz CT molecular complexity index is 425. The van der Waals surface area contributed by atoms with Crippen molar-refractivity contribution >= 4 is 27.5 Å². The third kappa shape index (κ3) is 2.91. The zero-order valence-corrected chi connectivity index (χ0v) is 11.7. The van der Waals surface area contributed by atoms with E-state index in [0.29, 0.717) is 26.1 Å². The molecular weight excluding hydrogens is 296 g/mol. The number of amides is 1. The van der Waals surface area contributed by atoms with Crippen LogP contribution in [0.1, 0.15) is 12.8 Å². The van der Waals surface area contributed by atoms with Gasteiger partial charge >= 0.3 is 0 Å². The van der Waals surface area contributed by atoms with Crippen LogP contribution >= 0.6 is 15.9 Å². The van der Waals surface area contributed by atoms with Gasteiger partial charge in [0.15, 0.2) is 0 Å². The molecule has 18 heavy (non-hydrogen) atoms. The molecular formula is C13H17BrN2O2. The minimum absolute atomic E-state index is 0.0293. The molecule has 1 aromatic rings. The van der Waals surface area contributed by atoms with Crippen LogP contribution in [0, 0.1) is 0 Å². The van der Waals surface area contributed by atoms with E-state index >= 15 is 0 Å². The molecule has 0 aromatic heterocycles. The highest BCUT2D eigenvalue weighted by molar-refractivity contribution is 9.10. The summed E-state index contributed by atoms with van der Waals surface area (Å²) in [5, 5.41) is 0. The summed E-state index contributed by atoms with van der Waals surface area (Å²) in [5.74, 6) is 0.0293. The lowest BCUT2D eigenvalue weighted by Gasteiger charge is -2.33. The zero-order chi connectivity index (χ0) is 13.0. The molecule has 1 atom stereocenters. The van der Waals surface area contributed by atoms with Crippen molar-refractivity contribution < 1.29 is 9.53 Å². The highest BCUT2D eigenvalue weighted by Gasteiger charge is 2.30. The summed E-state index contributed by atoms with van der Waals surface area (Å²) in [4.78, 5) is 14.1. The van der Waals surface area contributed by atoms with Gasteiger partial charge in [0.05, 0.1) is 12.3 Å². The van der Waals surface area contributed by atoms with Gasteiger partial charge < -0.3 is 15.4 Å². The summed E-state index contributed by atoms with van der Waals surface area (Å²) < 4.78 is 6.45. The van der Waals surface area contributed by atoms with Crippen LogP contribution in [0.2, 0.25) is 0 Å². The van der Waals surface area contributed by atoms with Gasteiger partial charge in [0.2, 0.25) is 0 Å². The number of carbonyl (C=O) groups is 1. The van der Waals surface area contributed by atoms with Gasteiger partial charge in [0, 0.05) is 11.0 Å². The molecule has 0 aliphatic carbocycles. The van der Waals surface area contributed by atoms with Crippen LogP contribution in [-0.4, -0.2) is 31.7 Å². The van der Waals surface area contributed by atoms with E-state index in [1.165, 1.54) is 0 Å². The van der Waals surface area contributed by atoms with Crippen molar-refractivity contribution in [1.29, 1.82) is 0 Å². The molecule has 1 aromatic carbocycles. The molecule has 0 saturated carbocycles. The molecule has 1 heterocycles. The average molecular weight is 313 g/mol. The molecule has 98 valence electrons. The Balaban J connectivity index is 2.14. The fourth-order valence-electron chi connectivity index (χ4n) is 2.06. The van der Waals surface area contributed by atoms with Crippen molar-refractivity contribution in [3.63, 3.8) is 0 Å². The molecule has 0 radical (unpaired) electrons. The topological polar surface area (TPSA) is 55.6 Å². The monoisotopic (exact) mass is 312 g/mol. The van der Waals surface area contributed by atoms with E-state index in [4.69, 9.17) is 10.5 Å². The van der Waals surface area contributed by atoms with Crippen molar-refractivity contribution in [2.24, 2.45) is 5.73 Å². The molecule has 1 fully saturated rings. The molecule has 1 aliphatic rings. The maximum Gasteiger partial charge on any atom is 0.256 e. The van der Waals surface area contributed by atoms with Crippen LogP contribution in [0.15, 0.2) is 28.7 Å². The Morgan fingerprint density at radius 3 is 2.94 bits per heavy atom. The van der Waals surface area contributed by atoms with Gasteiger partial charge in [-0.1, -0.05) is 12.1 Å². The second-order valence-corrected chi connectivity index (χ2v) is 5.09. The summed E-state index contributed by atoms with van der Waals surface area (Å²) in [7, 11) is 0. The summed E-state index contributed by atoms with van der Waals surface area (Å²) in [6, 6.07) is 7.74. The Morgan fingerprint density at radius 2 is 2.22 bits per heavy atom. The predicted octanol–water partition coefficient (Wildman–Crippen LogP) is 1.92. The van der Waals surface area contributed by atoms with E-state index in [9.17, 15) is 4.79 Å². The van der Waals surface area contributed by atoms with Gasteiger partial charge in [-0.05, 0) is 47.4 Å². The lowest BCUT2D eigenvalue weighted by atomic mass is 10.1. The van der Waals surface area contributed by atoms with Crippen molar-refractivity contribution in [2.45, 2.75) is 18.9 Å². The molecule has 1 saturated heterocycles. The quantitative estimate of drug-likeness (QED) is 0.924. The molecule has 2 N–H and O–H groups in total. The first-order valence-corrected chi connectivity index (χ1v) is 6.91. The number of ether oxygens (including phenoxy) is 1. The number of rotatable bonds is 4. The third-order valence-electron chi connectivity index (χ3n) is 2.99. The minimum atomic E-state index is -0.352. The number of nitrogens with zero attached hydrogens (tertiary/aromatic N) is 1. The largest absolute Gasteiger partial charge is 0.367 e. The van der Waals surface area contributed by atoms with E-state index in [1.807, 2.05) is 24.3 Å². The van der Waals surface area contributed by atoms with E-state index in [2.05, 4.69) is 15.9 Å².